The van der Waals surface area contributed by atoms with Crippen molar-refractivity contribution in [3.63, 3.8) is 0 Å². The molecule has 17 atom stereocenters. The molecular weight excluding hydrogens is 1470 g/mol. The standard InChI is InChI=1S/C83H114N10O21/c1-15-49(8)69(61(110-13)42-65(97)92-41-23-30-60(92)74(111-14)50(9)76(102)85-51(10)70(98)55-26-17-16-18-27-55)90(11)80(106)67(47(4)5)89-79(105)68(48(6)7)91(12)83(109)113-44-52-31-35-57(36-32-52)86-77(103)58(45-112-82-73(101)71(99)72(100)75(114-82)81(107)108)87-78(104)66(46(2)3)88-63(95)39-40-84-62(94)37-38-64(96)93-43-56-28-20-19-24-53(56)33-34-54-25-21-22-29-59(54)93/h16-22,24-29,31-32,35-36,46-51,58,60-61,66-75,82,98-101H,15,23,30,37-45H2,1-14H3,(H,84,94)(H,85,102)(H,86,103)(H,87,104)(H,88,95)(H,89,105)(H,107,108)/t49-,50+,51+,58-,60-,61+,66-,67-,68-,69-,70+,71-,72-,73+,74+,75-,82+/m0/s1. The summed E-state index contributed by atoms with van der Waals surface area (Å²) >= 11 is 0. The monoisotopic (exact) mass is 1590 g/mol. The van der Waals surface area contributed by atoms with Crippen LogP contribution in [0.3, 0.4) is 0 Å². The molecule has 31 nitrogen and oxygen atoms in total. The summed E-state index contributed by atoms with van der Waals surface area (Å²) < 4.78 is 28.7. The number of anilines is 2. The molecule has 114 heavy (non-hydrogen) atoms. The van der Waals surface area contributed by atoms with Crippen LogP contribution in [-0.2, 0) is 84.8 Å². The maximum absolute atomic E-state index is 14.9. The van der Waals surface area contributed by atoms with Crippen molar-refractivity contribution in [1.82, 2.24) is 41.3 Å². The first kappa shape index (κ1) is 91.3. The van der Waals surface area contributed by atoms with Gasteiger partial charge in [-0.25, -0.2) is 9.59 Å². The molecule has 11 N–H and O–H groups in total. The number of para-hydroxylation sites is 1. The van der Waals surface area contributed by atoms with Crippen molar-refractivity contribution in [1.29, 1.82) is 0 Å². The van der Waals surface area contributed by atoms with Crippen LogP contribution >= 0.6 is 0 Å². The molecule has 2 saturated heterocycles. The molecule has 3 aliphatic rings. The fourth-order valence-electron chi connectivity index (χ4n) is 14.4. The topological polar surface area (TPSA) is 420 Å². The lowest BCUT2D eigenvalue weighted by Crippen LogP contribution is -2.61. The number of aliphatic hydroxyl groups excluding tert-OH is 4. The Labute approximate surface area is 666 Å². The minimum Gasteiger partial charge on any atom is -0.479 e. The lowest BCUT2D eigenvalue weighted by atomic mass is 9.89. The van der Waals surface area contributed by atoms with E-state index < -0.39 is 169 Å². The third-order valence-corrected chi connectivity index (χ3v) is 21.2. The molecule has 0 bridgehead atoms. The molecule has 31 heteroatoms. The van der Waals surface area contributed by atoms with Crippen molar-refractivity contribution >= 4 is 76.6 Å². The molecule has 4 aromatic rings. The van der Waals surface area contributed by atoms with E-state index >= 15 is 0 Å². The molecule has 0 aromatic heterocycles. The van der Waals surface area contributed by atoms with Gasteiger partial charge in [-0.2, -0.15) is 0 Å². The van der Waals surface area contributed by atoms with Gasteiger partial charge in [0, 0.05) is 77.5 Å². The quantitative estimate of drug-likeness (QED) is 0.0279. The third kappa shape index (κ3) is 24.1. The Balaban J connectivity index is 0.945. The number of hydrogen-bond donors (Lipinski definition) is 11. The number of rotatable bonds is 38. The molecule has 0 spiro atoms. The van der Waals surface area contributed by atoms with Crippen LogP contribution in [0.1, 0.15) is 148 Å². The number of fused-ring (bicyclic) bond motifs is 2. The molecule has 7 rings (SSSR count). The number of nitrogens with zero attached hydrogens (tertiary/aromatic N) is 4. The van der Waals surface area contributed by atoms with E-state index in [2.05, 4.69) is 43.7 Å². The SMILES string of the molecule is CC[C@H](C)[C@@H]([C@@H](CC(=O)N1CCC[C@H]1[C@H](OC)[C@@H](C)C(=O)N[C@H](C)[C@@H](O)c1ccccc1)OC)N(C)C(=O)[C@@H](NC(=O)[C@H](C(C)C)N(C)C(=O)OCc1ccc(NC(=O)[C@H](CO[C@@H]2O[C@H](C(=O)O)[C@@H](O)[C@H](O)[C@H]2O)NC(=O)[C@@H](NC(=O)CCNC(=O)CCC(=O)N2Cc3ccccc3C#Cc3ccccc32)C(C)C)cc1)C(C)C. The van der Waals surface area contributed by atoms with Crippen molar-refractivity contribution in [2.24, 2.45) is 29.6 Å². The average Bonchev–Trinajstić information content (AvgIpc) is 0.972. The smallest absolute Gasteiger partial charge is 0.410 e. The minimum atomic E-state index is -2.08. The van der Waals surface area contributed by atoms with Crippen molar-refractivity contribution < 1.29 is 102 Å². The second-order valence-corrected chi connectivity index (χ2v) is 30.4. The number of carbonyl (C=O) groups is 11. The van der Waals surface area contributed by atoms with E-state index in [4.69, 9.17) is 23.7 Å². The van der Waals surface area contributed by atoms with E-state index in [1.165, 1.54) is 50.4 Å². The van der Waals surface area contributed by atoms with Crippen molar-refractivity contribution in [2.45, 2.75) is 219 Å². The van der Waals surface area contributed by atoms with E-state index in [-0.39, 0.29) is 74.7 Å². The highest BCUT2D eigenvalue weighted by Gasteiger charge is 2.49. The number of methoxy groups -OCH3 is 2. The predicted molar refractivity (Wildman–Crippen MR) is 419 cm³/mol. The van der Waals surface area contributed by atoms with Crippen LogP contribution in [0.25, 0.3) is 0 Å². The molecule has 3 heterocycles. The van der Waals surface area contributed by atoms with Gasteiger partial charge in [0.05, 0.1) is 67.6 Å². The average molecular weight is 1590 g/mol. The van der Waals surface area contributed by atoms with Crippen LogP contribution in [0.2, 0.25) is 0 Å². The fourth-order valence-corrected chi connectivity index (χ4v) is 14.4. The number of likely N-dealkylation sites (tertiary alicyclic amines) is 1. The number of amides is 10. The normalized spacial score (nSPS) is 20.1. The Morgan fingerprint density at radius 3 is 1.92 bits per heavy atom. The van der Waals surface area contributed by atoms with Crippen LogP contribution in [0.5, 0.6) is 0 Å². The lowest BCUT2D eigenvalue weighted by Gasteiger charge is -2.41. The van der Waals surface area contributed by atoms with E-state index in [1.807, 2.05) is 56.3 Å². The van der Waals surface area contributed by atoms with Gasteiger partial charge in [-0.3, -0.25) is 48.1 Å². The van der Waals surface area contributed by atoms with Gasteiger partial charge in [-0.15, -0.1) is 0 Å². The summed E-state index contributed by atoms with van der Waals surface area (Å²) in [5.74, 6) is -3.04. The number of likely N-dealkylation sites (N-methyl/N-ethyl adjacent to an activating group) is 2. The Hall–Kier alpha value is -9.91. The number of benzene rings is 4. The second kappa shape index (κ2) is 43.0. The molecule has 3 aliphatic heterocycles. The molecule has 2 fully saturated rings. The first-order valence-electron chi connectivity index (χ1n) is 38.8. The lowest BCUT2D eigenvalue weighted by molar-refractivity contribution is -0.294. The molecular formula is C83H114N10O21. The van der Waals surface area contributed by atoms with E-state index in [0.29, 0.717) is 48.2 Å². The fraction of sp³-hybridized carbons (Fsp3) is 0.554. The summed E-state index contributed by atoms with van der Waals surface area (Å²) in [5.41, 5.74) is 4.05. The summed E-state index contributed by atoms with van der Waals surface area (Å²) in [4.78, 5) is 158. The highest BCUT2D eigenvalue weighted by Crippen LogP contribution is 2.32. The van der Waals surface area contributed by atoms with E-state index in [1.54, 1.807) is 109 Å². The van der Waals surface area contributed by atoms with Crippen LogP contribution in [0, 0.1) is 41.4 Å². The van der Waals surface area contributed by atoms with Gasteiger partial charge in [-0.1, -0.05) is 153 Å². The largest absolute Gasteiger partial charge is 0.479 e. The maximum atomic E-state index is 14.9. The third-order valence-electron chi connectivity index (χ3n) is 21.2. The zero-order chi connectivity index (χ0) is 83.9. The van der Waals surface area contributed by atoms with Crippen LogP contribution in [-0.4, -0.2) is 239 Å². The molecule has 4 aromatic carbocycles. The van der Waals surface area contributed by atoms with Crippen LogP contribution < -0.4 is 36.8 Å². The van der Waals surface area contributed by atoms with Crippen LogP contribution in [0.15, 0.2) is 103 Å². The van der Waals surface area contributed by atoms with Gasteiger partial charge >= 0.3 is 12.1 Å². The van der Waals surface area contributed by atoms with Gasteiger partial charge in [-0.05, 0) is 90.5 Å². The maximum Gasteiger partial charge on any atom is 0.410 e. The number of carboxylic acid groups (broad SMARTS) is 1. The first-order chi connectivity index (χ1) is 54.1. The number of carboxylic acids is 1. The zero-order valence-electron chi connectivity index (χ0n) is 67.4. The molecule has 10 amide bonds. The number of ether oxygens (including phenoxy) is 5. The summed E-state index contributed by atoms with van der Waals surface area (Å²) in [6.07, 6.45) is -12.6. The van der Waals surface area contributed by atoms with Gasteiger partial charge in [0.1, 0.15) is 49.1 Å². The number of hydrogen-bond acceptors (Lipinski definition) is 20. The Morgan fingerprint density at radius 1 is 0.649 bits per heavy atom. The minimum absolute atomic E-state index is 0.125. The van der Waals surface area contributed by atoms with Gasteiger partial charge in [0.25, 0.3) is 0 Å². The van der Waals surface area contributed by atoms with Crippen molar-refractivity contribution in [2.75, 3.05) is 58.2 Å². The molecule has 0 saturated carbocycles. The Kier molecular flexibility index (Phi) is 34.4. The second-order valence-electron chi connectivity index (χ2n) is 30.4. The van der Waals surface area contributed by atoms with Gasteiger partial charge < -0.3 is 95.8 Å². The molecule has 0 radical (unpaired) electrons. The number of aliphatic carboxylic acids is 1. The van der Waals surface area contributed by atoms with Crippen molar-refractivity contribution in [3.8, 4) is 11.8 Å². The number of nitrogens with one attached hydrogen (secondary N) is 6. The van der Waals surface area contributed by atoms with Crippen LogP contribution in [0.4, 0.5) is 16.2 Å². The van der Waals surface area contributed by atoms with Gasteiger partial charge in [0.2, 0.25) is 53.2 Å². The predicted octanol–water partition coefficient (Wildman–Crippen LogP) is 4.29. The zero-order valence-corrected chi connectivity index (χ0v) is 67.4. The highest BCUT2D eigenvalue weighted by atomic mass is 16.7. The van der Waals surface area contributed by atoms with E-state index in [9.17, 15) is 78.3 Å². The summed E-state index contributed by atoms with van der Waals surface area (Å²) in [6.45, 7) is 16.8. The number of aliphatic hydroxyl groups is 4. The van der Waals surface area contributed by atoms with Crippen molar-refractivity contribution in [3.05, 3.63) is 131 Å². The molecule has 622 valence electrons. The first-order valence-corrected chi connectivity index (χ1v) is 38.8. The van der Waals surface area contributed by atoms with E-state index in [0.717, 1.165) is 16.0 Å². The van der Waals surface area contributed by atoms with Gasteiger partial charge in [0.15, 0.2) is 12.4 Å². The summed E-state index contributed by atoms with van der Waals surface area (Å²) in [7, 11) is 5.97. The number of carbonyl (C=O) groups excluding carboxylic acids is 10. The molecule has 0 unspecified atom stereocenters. The highest BCUT2D eigenvalue weighted by molar-refractivity contribution is 5.99. The summed E-state index contributed by atoms with van der Waals surface area (Å²) in [5, 5.41) is 68.5. The Morgan fingerprint density at radius 2 is 1.29 bits per heavy atom. The Bertz CT molecular complexity index is 4020. The summed E-state index contributed by atoms with van der Waals surface area (Å²) in [6, 6.07) is 22.5. The molecule has 0 aliphatic carbocycles.